The Hall–Kier alpha value is -1.73. The Bertz CT molecular complexity index is 660. The van der Waals surface area contributed by atoms with Gasteiger partial charge in [0.1, 0.15) is 0 Å². The van der Waals surface area contributed by atoms with E-state index in [2.05, 4.69) is 11.5 Å². The number of nitrogens with zero attached hydrogens (tertiary/aromatic N) is 2. The van der Waals surface area contributed by atoms with E-state index in [-0.39, 0.29) is 6.03 Å². The molecule has 108 valence electrons. The van der Waals surface area contributed by atoms with Crippen molar-refractivity contribution in [1.29, 1.82) is 5.26 Å². The summed E-state index contributed by atoms with van der Waals surface area (Å²) in [7, 11) is 0. The molecule has 21 heavy (non-hydrogen) atoms. The van der Waals surface area contributed by atoms with Crippen molar-refractivity contribution in [2.24, 2.45) is 11.8 Å². The van der Waals surface area contributed by atoms with E-state index in [0.717, 1.165) is 30.5 Å². The van der Waals surface area contributed by atoms with Crippen molar-refractivity contribution in [3.05, 3.63) is 28.8 Å². The Labute approximate surface area is 128 Å². The molecule has 0 saturated heterocycles. The molecule has 1 heterocycles. The van der Waals surface area contributed by atoms with E-state index >= 15 is 0 Å². The highest BCUT2D eigenvalue weighted by Gasteiger charge is 2.57. The molecule has 1 atom stereocenters. The number of benzene rings is 1. The molecule has 1 aliphatic heterocycles. The van der Waals surface area contributed by atoms with Gasteiger partial charge < -0.3 is 5.32 Å². The maximum atomic E-state index is 12.4. The number of fused-ring (bicyclic) bond motifs is 1. The van der Waals surface area contributed by atoms with Crippen molar-refractivity contribution >= 4 is 23.3 Å². The van der Waals surface area contributed by atoms with Crippen LogP contribution in [0.3, 0.4) is 0 Å². The number of anilines is 1. The van der Waals surface area contributed by atoms with E-state index in [9.17, 15) is 10.1 Å². The Morgan fingerprint density at radius 1 is 1.38 bits per heavy atom. The molecule has 1 aromatic rings. The molecule has 5 heteroatoms. The fraction of sp³-hybridized carbons (Fsp3) is 0.500. The number of nitriles is 1. The Morgan fingerprint density at radius 2 is 2.14 bits per heavy atom. The first-order valence-electron chi connectivity index (χ1n) is 7.46. The van der Waals surface area contributed by atoms with Crippen LogP contribution >= 0.6 is 11.6 Å². The maximum absolute atomic E-state index is 12.4. The van der Waals surface area contributed by atoms with Crippen LogP contribution in [0.4, 0.5) is 10.5 Å². The number of amides is 2. The highest BCUT2D eigenvalue weighted by atomic mass is 35.5. The second kappa shape index (κ2) is 4.38. The summed E-state index contributed by atoms with van der Waals surface area (Å²) < 4.78 is 0. The van der Waals surface area contributed by atoms with Crippen molar-refractivity contribution < 1.29 is 4.79 Å². The van der Waals surface area contributed by atoms with Crippen LogP contribution in [0.2, 0.25) is 5.02 Å². The van der Waals surface area contributed by atoms with Gasteiger partial charge in [0.25, 0.3) is 0 Å². The van der Waals surface area contributed by atoms with Crippen LogP contribution in [-0.4, -0.2) is 10.9 Å². The minimum absolute atomic E-state index is 0.306. The fourth-order valence-electron chi connectivity index (χ4n) is 3.68. The van der Waals surface area contributed by atoms with Crippen molar-refractivity contribution in [2.45, 2.75) is 37.6 Å². The van der Waals surface area contributed by atoms with E-state index in [0.29, 0.717) is 16.9 Å². The van der Waals surface area contributed by atoms with E-state index in [4.69, 9.17) is 11.6 Å². The molecule has 2 saturated carbocycles. The van der Waals surface area contributed by atoms with Crippen molar-refractivity contribution in [2.75, 3.05) is 5.32 Å². The normalized spacial score (nSPS) is 27.8. The summed E-state index contributed by atoms with van der Waals surface area (Å²) in [6.07, 6.45) is 7.56. The third kappa shape index (κ3) is 1.91. The van der Waals surface area contributed by atoms with Crippen LogP contribution in [0.1, 0.15) is 37.7 Å². The van der Waals surface area contributed by atoms with Crippen molar-refractivity contribution in [1.82, 2.24) is 4.90 Å². The monoisotopic (exact) mass is 301 g/mol. The predicted octanol–water partition coefficient (Wildman–Crippen LogP) is 4.07. The van der Waals surface area contributed by atoms with Gasteiger partial charge in [-0.15, -0.1) is 0 Å². The third-order valence-corrected chi connectivity index (χ3v) is 5.18. The summed E-state index contributed by atoms with van der Waals surface area (Å²) in [6.45, 7) is 0. The Kier molecular flexibility index (Phi) is 2.71. The zero-order valence-corrected chi connectivity index (χ0v) is 12.4. The highest BCUT2D eigenvalue weighted by molar-refractivity contribution is 6.30. The third-order valence-electron chi connectivity index (χ3n) is 4.94. The summed E-state index contributed by atoms with van der Waals surface area (Å²) in [5.74, 6) is 1.00. The number of hydrogen-bond donors (Lipinski definition) is 1. The van der Waals surface area contributed by atoms with Gasteiger partial charge in [-0.05, 0) is 49.3 Å². The van der Waals surface area contributed by atoms with Gasteiger partial charge in [-0.25, -0.2) is 9.69 Å². The molecule has 2 amide bonds. The maximum Gasteiger partial charge on any atom is 0.335 e. The first kappa shape index (κ1) is 13.0. The first-order valence-corrected chi connectivity index (χ1v) is 7.84. The summed E-state index contributed by atoms with van der Waals surface area (Å²) in [4.78, 5) is 13.8. The SMILES string of the molecule is N#CN1C(=O)Nc2ccc(Cl)cc2C1(CC1CC1)C1CC1. The average molecular weight is 302 g/mol. The van der Waals surface area contributed by atoms with Crippen LogP contribution in [0, 0.1) is 23.3 Å². The molecule has 1 aromatic carbocycles. The Morgan fingerprint density at radius 3 is 2.76 bits per heavy atom. The number of carbonyl (C=O) groups excluding carboxylic acids is 1. The van der Waals surface area contributed by atoms with Crippen molar-refractivity contribution in [3.8, 4) is 6.19 Å². The zero-order chi connectivity index (χ0) is 14.6. The summed E-state index contributed by atoms with van der Waals surface area (Å²) >= 11 is 6.19. The van der Waals surface area contributed by atoms with E-state index in [1.807, 2.05) is 12.1 Å². The first-order chi connectivity index (χ1) is 10.1. The molecule has 2 aliphatic carbocycles. The smallest absolute Gasteiger partial charge is 0.307 e. The molecule has 1 unspecified atom stereocenters. The van der Waals surface area contributed by atoms with Gasteiger partial charge in [-0.1, -0.05) is 24.4 Å². The van der Waals surface area contributed by atoms with Gasteiger partial charge in [0.2, 0.25) is 0 Å². The molecule has 1 N–H and O–H groups in total. The lowest BCUT2D eigenvalue weighted by Gasteiger charge is -2.45. The number of nitrogens with one attached hydrogen (secondary N) is 1. The number of carbonyl (C=O) groups is 1. The van der Waals surface area contributed by atoms with Gasteiger partial charge in [-0.3, -0.25) is 0 Å². The van der Waals surface area contributed by atoms with E-state index in [1.54, 1.807) is 6.07 Å². The number of halogens is 1. The summed E-state index contributed by atoms with van der Waals surface area (Å²) in [6, 6.07) is 5.27. The molecule has 0 spiro atoms. The van der Waals surface area contributed by atoms with E-state index in [1.165, 1.54) is 17.7 Å². The topological polar surface area (TPSA) is 56.1 Å². The lowest BCUT2D eigenvalue weighted by molar-refractivity contribution is 0.126. The van der Waals surface area contributed by atoms with Gasteiger partial charge >= 0.3 is 6.03 Å². The van der Waals surface area contributed by atoms with Crippen LogP contribution in [0.15, 0.2) is 18.2 Å². The number of hydrogen-bond acceptors (Lipinski definition) is 2. The Balaban J connectivity index is 1.92. The van der Waals surface area contributed by atoms with Crippen molar-refractivity contribution in [3.63, 3.8) is 0 Å². The lowest BCUT2D eigenvalue weighted by atomic mass is 9.77. The molecule has 0 radical (unpaired) electrons. The molecule has 4 rings (SSSR count). The van der Waals surface area contributed by atoms with Crippen LogP contribution in [0.25, 0.3) is 0 Å². The number of urea groups is 1. The lowest BCUT2D eigenvalue weighted by Crippen LogP contribution is -2.54. The quantitative estimate of drug-likeness (QED) is 0.855. The second-order valence-corrected chi connectivity index (χ2v) is 6.84. The minimum Gasteiger partial charge on any atom is -0.307 e. The molecular weight excluding hydrogens is 286 g/mol. The summed E-state index contributed by atoms with van der Waals surface area (Å²) in [5, 5.41) is 13.1. The second-order valence-electron chi connectivity index (χ2n) is 6.40. The molecule has 0 aromatic heterocycles. The fourth-order valence-corrected chi connectivity index (χ4v) is 3.86. The predicted molar refractivity (Wildman–Crippen MR) is 79.7 cm³/mol. The largest absolute Gasteiger partial charge is 0.335 e. The van der Waals surface area contributed by atoms with Gasteiger partial charge in [0.05, 0.1) is 5.54 Å². The minimum atomic E-state index is -0.488. The van der Waals surface area contributed by atoms with Crippen LogP contribution < -0.4 is 5.32 Å². The summed E-state index contributed by atoms with van der Waals surface area (Å²) in [5.41, 5.74) is 1.34. The van der Waals surface area contributed by atoms with E-state index < -0.39 is 5.54 Å². The standard InChI is InChI=1S/C16H16ClN3O/c17-12-5-6-14-13(7-12)16(11-3-4-11,8-10-1-2-10)20(9-18)15(21)19-14/h5-7,10-11H,1-4,8H2,(H,19,21). The van der Waals surface area contributed by atoms with Gasteiger partial charge in [-0.2, -0.15) is 5.26 Å². The van der Waals surface area contributed by atoms with Crippen LogP contribution in [0.5, 0.6) is 0 Å². The zero-order valence-electron chi connectivity index (χ0n) is 11.6. The molecule has 0 bridgehead atoms. The molecular formula is C16H16ClN3O. The van der Waals surface area contributed by atoms with Gasteiger partial charge in [0, 0.05) is 16.3 Å². The molecule has 2 fully saturated rings. The number of rotatable bonds is 3. The molecule has 3 aliphatic rings. The highest BCUT2D eigenvalue weighted by Crippen LogP contribution is 2.58. The average Bonchev–Trinajstić information content (AvgIpc) is 3.33. The molecule has 4 nitrogen and oxygen atoms in total. The van der Waals surface area contributed by atoms with Crippen LogP contribution in [-0.2, 0) is 5.54 Å². The van der Waals surface area contributed by atoms with Gasteiger partial charge in [0.15, 0.2) is 6.19 Å².